The van der Waals surface area contributed by atoms with Gasteiger partial charge in [0.2, 0.25) is 0 Å². The van der Waals surface area contributed by atoms with Gasteiger partial charge in [-0.1, -0.05) is 24.8 Å². The van der Waals surface area contributed by atoms with Crippen molar-refractivity contribution in [2.24, 2.45) is 0 Å². The van der Waals surface area contributed by atoms with Gasteiger partial charge in [-0.25, -0.2) is 0 Å². The topological polar surface area (TPSA) is 40.1 Å². The second kappa shape index (κ2) is 4.16. The van der Waals surface area contributed by atoms with Gasteiger partial charge >= 0.3 is 6.18 Å². The monoisotopic (exact) mass is 235 g/mol. The Hall–Kier alpha value is -1.14. The standard InChI is InChI=1S/C9H7F3O2S/c1-2-6-4-3-5-7(9(10,11)12)8(6)15(13)14/h2-5H,1H2,(H,13,14)/p-1. The average Bonchev–Trinajstić information content (AvgIpc) is 2.15. The Kier molecular flexibility index (Phi) is 3.31. The van der Waals surface area contributed by atoms with Crippen LogP contribution >= 0.6 is 0 Å². The van der Waals surface area contributed by atoms with E-state index in [1.54, 1.807) is 0 Å². The third-order valence-electron chi connectivity index (χ3n) is 1.74. The number of hydrogen-bond donors (Lipinski definition) is 0. The van der Waals surface area contributed by atoms with Gasteiger partial charge < -0.3 is 4.55 Å². The average molecular weight is 235 g/mol. The Balaban J connectivity index is 3.52. The van der Waals surface area contributed by atoms with E-state index in [1.807, 2.05) is 0 Å². The van der Waals surface area contributed by atoms with E-state index in [9.17, 15) is 21.9 Å². The Bertz CT molecular complexity index is 412. The molecule has 0 aromatic heterocycles. The maximum absolute atomic E-state index is 12.4. The van der Waals surface area contributed by atoms with Gasteiger partial charge in [0, 0.05) is 4.90 Å². The van der Waals surface area contributed by atoms with Crippen LogP contribution in [0, 0.1) is 0 Å². The summed E-state index contributed by atoms with van der Waals surface area (Å²) in [6.45, 7) is 3.26. The van der Waals surface area contributed by atoms with Gasteiger partial charge in [0.25, 0.3) is 0 Å². The minimum atomic E-state index is -4.69. The third kappa shape index (κ3) is 2.45. The normalized spacial score (nSPS) is 13.6. The minimum absolute atomic E-state index is 0.0573. The Morgan fingerprint density at radius 1 is 1.40 bits per heavy atom. The molecule has 0 bridgehead atoms. The molecule has 0 aliphatic heterocycles. The fourth-order valence-corrected chi connectivity index (χ4v) is 1.83. The quantitative estimate of drug-likeness (QED) is 0.739. The van der Waals surface area contributed by atoms with Crippen LogP contribution in [0.5, 0.6) is 0 Å². The number of alkyl halides is 3. The van der Waals surface area contributed by atoms with Crippen molar-refractivity contribution >= 4 is 17.2 Å². The fourth-order valence-electron chi connectivity index (χ4n) is 1.12. The molecule has 1 rings (SSSR count). The lowest BCUT2D eigenvalue weighted by Gasteiger charge is -2.16. The van der Waals surface area contributed by atoms with Gasteiger partial charge in [-0.05, 0) is 22.7 Å². The van der Waals surface area contributed by atoms with Crippen molar-refractivity contribution in [2.45, 2.75) is 11.1 Å². The molecule has 0 spiro atoms. The first-order chi connectivity index (χ1) is 6.88. The van der Waals surface area contributed by atoms with E-state index in [-0.39, 0.29) is 5.56 Å². The molecule has 0 N–H and O–H groups in total. The highest BCUT2D eigenvalue weighted by molar-refractivity contribution is 7.79. The summed E-state index contributed by atoms with van der Waals surface area (Å²) in [7, 11) is 0. The van der Waals surface area contributed by atoms with Gasteiger partial charge in [0.1, 0.15) is 0 Å². The SMILES string of the molecule is C=Cc1cccc(C(F)(F)F)c1S(=O)[O-]. The summed E-state index contributed by atoms with van der Waals surface area (Å²) in [5.41, 5.74) is -1.23. The second-order valence-electron chi connectivity index (χ2n) is 2.66. The molecule has 0 fully saturated rings. The minimum Gasteiger partial charge on any atom is -0.768 e. The predicted octanol–water partition coefficient (Wildman–Crippen LogP) is 2.59. The van der Waals surface area contributed by atoms with Crippen LogP contribution in [0.25, 0.3) is 6.08 Å². The summed E-state index contributed by atoms with van der Waals surface area (Å²) in [5.74, 6) is 0. The van der Waals surface area contributed by atoms with Crippen molar-refractivity contribution < 1.29 is 21.9 Å². The van der Waals surface area contributed by atoms with Gasteiger partial charge in [-0.2, -0.15) is 13.2 Å². The van der Waals surface area contributed by atoms with Crippen LogP contribution in [0.4, 0.5) is 13.2 Å². The van der Waals surface area contributed by atoms with Crippen molar-refractivity contribution in [3.63, 3.8) is 0 Å². The summed E-state index contributed by atoms with van der Waals surface area (Å²) in [5, 5.41) is 0. The summed E-state index contributed by atoms with van der Waals surface area (Å²) >= 11 is -2.94. The van der Waals surface area contributed by atoms with Crippen LogP contribution in [0.2, 0.25) is 0 Å². The molecule has 0 saturated heterocycles. The molecule has 0 aliphatic carbocycles. The molecule has 1 unspecified atom stereocenters. The van der Waals surface area contributed by atoms with Crippen LogP contribution in [0.1, 0.15) is 11.1 Å². The molecule has 1 aromatic rings. The van der Waals surface area contributed by atoms with Crippen LogP contribution < -0.4 is 0 Å². The smallest absolute Gasteiger partial charge is 0.417 e. The Labute approximate surface area is 86.7 Å². The molecule has 6 heteroatoms. The lowest BCUT2D eigenvalue weighted by molar-refractivity contribution is -0.139. The summed E-state index contributed by atoms with van der Waals surface area (Å²) in [6.07, 6.45) is -3.62. The van der Waals surface area contributed by atoms with E-state index < -0.39 is 27.7 Å². The highest BCUT2D eigenvalue weighted by Crippen LogP contribution is 2.34. The van der Waals surface area contributed by atoms with Gasteiger partial charge in [0.15, 0.2) is 0 Å². The molecule has 0 saturated carbocycles. The Morgan fingerprint density at radius 2 is 2.00 bits per heavy atom. The lowest BCUT2D eigenvalue weighted by atomic mass is 10.1. The van der Waals surface area contributed by atoms with Crippen molar-refractivity contribution in [2.75, 3.05) is 0 Å². The number of hydrogen-bond acceptors (Lipinski definition) is 2. The van der Waals surface area contributed by atoms with E-state index in [0.29, 0.717) is 0 Å². The number of halogens is 3. The molecule has 15 heavy (non-hydrogen) atoms. The van der Waals surface area contributed by atoms with Crippen LogP contribution in [0.15, 0.2) is 29.7 Å². The first-order valence-corrected chi connectivity index (χ1v) is 4.87. The van der Waals surface area contributed by atoms with Gasteiger partial charge in [-0.3, -0.25) is 4.21 Å². The molecule has 2 nitrogen and oxygen atoms in total. The molecule has 82 valence electrons. The largest absolute Gasteiger partial charge is 0.768 e. The zero-order valence-electron chi connectivity index (χ0n) is 7.38. The maximum atomic E-state index is 12.4. The Morgan fingerprint density at radius 3 is 2.40 bits per heavy atom. The highest BCUT2D eigenvalue weighted by atomic mass is 32.2. The predicted molar refractivity (Wildman–Crippen MR) is 48.7 cm³/mol. The second-order valence-corrected chi connectivity index (χ2v) is 3.54. The third-order valence-corrected chi connectivity index (χ3v) is 2.53. The van der Waals surface area contributed by atoms with E-state index in [4.69, 9.17) is 0 Å². The highest BCUT2D eigenvalue weighted by Gasteiger charge is 2.34. The summed E-state index contributed by atoms with van der Waals surface area (Å²) in [4.78, 5) is -0.764. The van der Waals surface area contributed by atoms with Gasteiger partial charge in [0.05, 0.1) is 5.56 Å². The first kappa shape index (κ1) is 11.9. The van der Waals surface area contributed by atoms with E-state index in [0.717, 1.165) is 18.2 Å². The van der Waals surface area contributed by atoms with Crippen LogP contribution in [-0.4, -0.2) is 8.76 Å². The first-order valence-electron chi connectivity index (χ1n) is 3.80. The molecule has 0 aliphatic rings. The van der Waals surface area contributed by atoms with E-state index in [1.165, 1.54) is 6.07 Å². The van der Waals surface area contributed by atoms with Crippen molar-refractivity contribution in [3.8, 4) is 0 Å². The molecule has 0 amide bonds. The molecular weight excluding hydrogens is 229 g/mol. The zero-order valence-corrected chi connectivity index (χ0v) is 8.19. The van der Waals surface area contributed by atoms with Crippen molar-refractivity contribution in [1.29, 1.82) is 0 Å². The van der Waals surface area contributed by atoms with Crippen LogP contribution in [-0.2, 0) is 17.3 Å². The fraction of sp³-hybridized carbons (Fsp3) is 0.111. The zero-order chi connectivity index (χ0) is 11.6. The molecule has 1 aromatic carbocycles. The summed E-state index contributed by atoms with van der Waals surface area (Å²) in [6, 6.07) is 3.11. The molecular formula is C9H6F3O2S-. The van der Waals surface area contributed by atoms with E-state index in [2.05, 4.69) is 6.58 Å². The molecule has 0 radical (unpaired) electrons. The molecule has 1 atom stereocenters. The van der Waals surface area contributed by atoms with Crippen LogP contribution in [0.3, 0.4) is 0 Å². The van der Waals surface area contributed by atoms with Crippen molar-refractivity contribution in [3.05, 3.63) is 35.9 Å². The van der Waals surface area contributed by atoms with Crippen molar-refractivity contribution in [1.82, 2.24) is 0 Å². The number of rotatable bonds is 2. The van der Waals surface area contributed by atoms with Gasteiger partial charge in [-0.15, -0.1) is 0 Å². The number of benzene rings is 1. The summed E-state index contributed by atoms with van der Waals surface area (Å²) < 4.78 is 58.7. The molecule has 0 heterocycles. The lowest BCUT2D eigenvalue weighted by Crippen LogP contribution is -2.11. The maximum Gasteiger partial charge on any atom is 0.417 e. The van der Waals surface area contributed by atoms with E-state index >= 15 is 0 Å².